The topological polar surface area (TPSA) is 65.3 Å². The number of aliphatic hydroxyl groups excluding tert-OH is 1. The molecule has 0 fully saturated rings. The molecule has 0 aliphatic heterocycles. The number of halogens is 1. The van der Waals surface area contributed by atoms with E-state index in [1.165, 1.54) is 19.2 Å². The number of nitriles is 1. The summed E-state index contributed by atoms with van der Waals surface area (Å²) < 4.78 is 17.9. The summed E-state index contributed by atoms with van der Waals surface area (Å²) in [5.41, 5.74) is 0.523. The molecule has 0 aliphatic carbocycles. The van der Waals surface area contributed by atoms with Crippen molar-refractivity contribution < 1.29 is 14.2 Å². The first-order chi connectivity index (χ1) is 7.67. The minimum atomic E-state index is -0.649. The van der Waals surface area contributed by atoms with Crippen molar-refractivity contribution in [3.8, 4) is 6.07 Å². The molecule has 1 atom stereocenters. The van der Waals surface area contributed by atoms with Gasteiger partial charge in [-0.25, -0.2) is 4.39 Å². The molecular weight excluding hydrogens is 211 g/mol. The number of anilines is 1. The number of rotatable bonds is 5. The molecule has 0 amide bonds. The van der Waals surface area contributed by atoms with E-state index in [2.05, 4.69) is 5.32 Å². The highest BCUT2D eigenvalue weighted by Crippen LogP contribution is 2.13. The van der Waals surface area contributed by atoms with E-state index >= 15 is 0 Å². The van der Waals surface area contributed by atoms with Crippen LogP contribution in [0.2, 0.25) is 0 Å². The highest BCUT2D eigenvalue weighted by molar-refractivity contribution is 5.48. The fourth-order valence-corrected chi connectivity index (χ4v) is 1.20. The first-order valence-electron chi connectivity index (χ1n) is 4.78. The molecule has 0 heterocycles. The Balaban J connectivity index is 2.56. The number of hydrogen-bond acceptors (Lipinski definition) is 4. The molecule has 0 saturated heterocycles. The van der Waals surface area contributed by atoms with Gasteiger partial charge in [-0.15, -0.1) is 0 Å². The summed E-state index contributed by atoms with van der Waals surface area (Å²) >= 11 is 0. The molecule has 5 heteroatoms. The van der Waals surface area contributed by atoms with Crippen molar-refractivity contribution in [3.63, 3.8) is 0 Å². The van der Waals surface area contributed by atoms with Gasteiger partial charge in [-0.05, 0) is 18.2 Å². The largest absolute Gasteiger partial charge is 0.389 e. The lowest BCUT2D eigenvalue weighted by atomic mass is 10.2. The number of nitrogens with zero attached hydrogens (tertiary/aromatic N) is 1. The van der Waals surface area contributed by atoms with Crippen molar-refractivity contribution in [2.75, 3.05) is 25.6 Å². The second kappa shape index (κ2) is 6.05. The highest BCUT2D eigenvalue weighted by atomic mass is 19.1. The Bertz CT molecular complexity index is 390. The van der Waals surface area contributed by atoms with Crippen molar-refractivity contribution in [1.82, 2.24) is 0 Å². The number of hydrogen-bond donors (Lipinski definition) is 2. The monoisotopic (exact) mass is 224 g/mol. The number of nitrogens with one attached hydrogen (secondary N) is 1. The molecule has 1 aromatic rings. The van der Waals surface area contributed by atoms with Gasteiger partial charge in [0.1, 0.15) is 11.9 Å². The van der Waals surface area contributed by atoms with Crippen molar-refractivity contribution in [2.24, 2.45) is 0 Å². The van der Waals surface area contributed by atoms with Crippen LogP contribution in [0.1, 0.15) is 5.56 Å². The Morgan fingerprint density at radius 2 is 2.38 bits per heavy atom. The minimum Gasteiger partial charge on any atom is -0.389 e. The van der Waals surface area contributed by atoms with Crippen molar-refractivity contribution in [2.45, 2.75) is 6.10 Å². The lowest BCUT2D eigenvalue weighted by Gasteiger charge is -2.11. The van der Waals surface area contributed by atoms with Crippen LogP contribution in [0.3, 0.4) is 0 Å². The molecule has 16 heavy (non-hydrogen) atoms. The lowest BCUT2D eigenvalue weighted by Crippen LogP contribution is -2.24. The van der Waals surface area contributed by atoms with Gasteiger partial charge in [-0.1, -0.05) is 0 Å². The molecule has 0 spiro atoms. The molecule has 0 aromatic heterocycles. The zero-order chi connectivity index (χ0) is 12.0. The maximum atomic E-state index is 13.2. The Morgan fingerprint density at radius 1 is 1.62 bits per heavy atom. The smallest absolute Gasteiger partial charge is 0.143 e. The average Bonchev–Trinajstić information content (AvgIpc) is 2.27. The van der Waals surface area contributed by atoms with Gasteiger partial charge in [-0.3, -0.25) is 0 Å². The van der Waals surface area contributed by atoms with Crippen molar-refractivity contribution in [3.05, 3.63) is 29.6 Å². The van der Waals surface area contributed by atoms with Crippen LogP contribution in [-0.2, 0) is 4.74 Å². The van der Waals surface area contributed by atoms with Gasteiger partial charge < -0.3 is 15.2 Å². The number of aliphatic hydroxyl groups is 1. The van der Waals surface area contributed by atoms with Crippen molar-refractivity contribution >= 4 is 5.69 Å². The quantitative estimate of drug-likeness (QED) is 0.786. The summed E-state index contributed by atoms with van der Waals surface area (Å²) in [5, 5.41) is 20.7. The van der Waals surface area contributed by atoms with E-state index in [1.807, 2.05) is 0 Å². The molecule has 4 nitrogen and oxygen atoms in total. The summed E-state index contributed by atoms with van der Waals surface area (Å²) in [6, 6.07) is 5.93. The van der Waals surface area contributed by atoms with Crippen LogP contribution in [-0.4, -0.2) is 31.5 Å². The predicted molar refractivity (Wildman–Crippen MR) is 57.5 cm³/mol. The van der Waals surface area contributed by atoms with Gasteiger partial charge >= 0.3 is 0 Å². The fourth-order valence-electron chi connectivity index (χ4n) is 1.20. The van der Waals surface area contributed by atoms with Crippen LogP contribution >= 0.6 is 0 Å². The molecular formula is C11H13FN2O2. The highest BCUT2D eigenvalue weighted by Gasteiger charge is 2.05. The normalized spacial score (nSPS) is 11.9. The molecule has 1 aromatic carbocycles. The SMILES string of the molecule is COCC(O)CNc1ccc(C#N)c(F)c1. The molecule has 1 unspecified atom stereocenters. The van der Waals surface area contributed by atoms with Crippen LogP contribution < -0.4 is 5.32 Å². The first-order valence-corrected chi connectivity index (χ1v) is 4.78. The van der Waals surface area contributed by atoms with Gasteiger partial charge in [0, 0.05) is 19.3 Å². The van der Waals surface area contributed by atoms with E-state index in [0.29, 0.717) is 5.69 Å². The number of ether oxygens (including phenoxy) is 1. The van der Waals surface area contributed by atoms with Gasteiger partial charge in [0.05, 0.1) is 18.3 Å². The Hall–Kier alpha value is -1.64. The summed E-state index contributed by atoms with van der Waals surface area (Å²) in [4.78, 5) is 0. The van der Waals surface area contributed by atoms with E-state index in [0.717, 1.165) is 0 Å². The van der Waals surface area contributed by atoms with Crippen LogP contribution in [0.4, 0.5) is 10.1 Å². The predicted octanol–water partition coefficient (Wildman–Crippen LogP) is 1.12. The van der Waals surface area contributed by atoms with Crippen molar-refractivity contribution in [1.29, 1.82) is 5.26 Å². The zero-order valence-electron chi connectivity index (χ0n) is 8.90. The number of benzene rings is 1. The third-order valence-electron chi connectivity index (χ3n) is 1.99. The number of methoxy groups -OCH3 is 1. The standard InChI is InChI=1S/C11H13FN2O2/c1-16-7-10(15)6-14-9-3-2-8(5-13)11(12)4-9/h2-4,10,14-15H,6-7H2,1H3. The molecule has 1 rings (SSSR count). The maximum Gasteiger partial charge on any atom is 0.143 e. The van der Waals surface area contributed by atoms with Crippen LogP contribution in [0.5, 0.6) is 0 Å². The molecule has 0 radical (unpaired) electrons. The molecule has 2 N–H and O–H groups in total. The Labute approximate surface area is 93.3 Å². The van der Waals surface area contributed by atoms with E-state index in [-0.39, 0.29) is 18.7 Å². The maximum absolute atomic E-state index is 13.2. The summed E-state index contributed by atoms with van der Waals surface area (Å²) in [6.45, 7) is 0.477. The fraction of sp³-hybridized carbons (Fsp3) is 0.364. The van der Waals surface area contributed by atoms with E-state index in [1.54, 1.807) is 12.1 Å². The van der Waals surface area contributed by atoms with Gasteiger partial charge in [0.2, 0.25) is 0 Å². The minimum absolute atomic E-state index is 0.00277. The molecule has 0 aliphatic rings. The second-order valence-corrected chi connectivity index (χ2v) is 3.30. The van der Waals surface area contributed by atoms with Crippen LogP contribution in [0, 0.1) is 17.1 Å². The summed E-state index contributed by atoms with van der Waals surface area (Å²) in [5.74, 6) is -0.575. The van der Waals surface area contributed by atoms with Crippen LogP contribution in [0.15, 0.2) is 18.2 Å². The van der Waals surface area contributed by atoms with Gasteiger partial charge in [0.15, 0.2) is 0 Å². The third kappa shape index (κ3) is 3.50. The summed E-state index contributed by atoms with van der Waals surface area (Å²) in [6.07, 6.45) is -0.649. The molecule has 86 valence electrons. The molecule has 0 saturated carbocycles. The Morgan fingerprint density at radius 3 is 2.94 bits per heavy atom. The van der Waals surface area contributed by atoms with Gasteiger partial charge in [-0.2, -0.15) is 5.26 Å². The lowest BCUT2D eigenvalue weighted by molar-refractivity contribution is 0.0727. The third-order valence-corrected chi connectivity index (χ3v) is 1.99. The first kappa shape index (κ1) is 12.4. The Kier molecular flexibility index (Phi) is 4.70. The van der Waals surface area contributed by atoms with E-state index in [4.69, 9.17) is 10.00 Å². The zero-order valence-corrected chi connectivity index (χ0v) is 8.90. The van der Waals surface area contributed by atoms with Crippen LogP contribution in [0.25, 0.3) is 0 Å². The average molecular weight is 224 g/mol. The molecule has 0 bridgehead atoms. The van der Waals surface area contributed by atoms with E-state index < -0.39 is 11.9 Å². The summed E-state index contributed by atoms with van der Waals surface area (Å²) in [7, 11) is 1.49. The van der Waals surface area contributed by atoms with Gasteiger partial charge in [0.25, 0.3) is 0 Å². The van der Waals surface area contributed by atoms with E-state index in [9.17, 15) is 9.50 Å². The second-order valence-electron chi connectivity index (χ2n) is 3.30.